The first-order valence-electron chi connectivity index (χ1n) is 6.68. The number of thiocarbonyl (C=S) groups is 1. The number of hydrogen-bond acceptors (Lipinski definition) is 5. The molecule has 0 fully saturated rings. The number of nitro groups is 1. The standard InChI is InChI=1S/C15H12ClN3O4S/c16-12-3-1-2-4-13(12)17-15(24)18-14(20)9-23-11-7-5-10(6-8-11)19(21)22/h1-8H,9H2,(H2,17,18,20,24). The molecule has 0 aliphatic carbocycles. The lowest BCUT2D eigenvalue weighted by Crippen LogP contribution is -2.37. The highest BCUT2D eigenvalue weighted by Crippen LogP contribution is 2.20. The van der Waals surface area contributed by atoms with Crippen LogP contribution < -0.4 is 15.4 Å². The van der Waals surface area contributed by atoms with E-state index in [-0.39, 0.29) is 17.4 Å². The van der Waals surface area contributed by atoms with Crippen LogP contribution in [0.25, 0.3) is 0 Å². The van der Waals surface area contributed by atoms with Gasteiger partial charge >= 0.3 is 0 Å². The SMILES string of the molecule is O=C(COc1ccc([N+](=O)[O-])cc1)NC(=S)Nc1ccccc1Cl. The molecule has 2 rings (SSSR count). The fraction of sp³-hybridized carbons (Fsp3) is 0.0667. The van der Waals surface area contributed by atoms with Gasteiger partial charge in [0.15, 0.2) is 11.7 Å². The monoisotopic (exact) mass is 365 g/mol. The lowest BCUT2D eigenvalue weighted by molar-refractivity contribution is -0.384. The summed E-state index contributed by atoms with van der Waals surface area (Å²) >= 11 is 11.0. The molecule has 2 aromatic carbocycles. The van der Waals surface area contributed by atoms with Crippen LogP contribution in [0.5, 0.6) is 5.75 Å². The Kier molecular flexibility index (Phi) is 6.05. The molecular formula is C15H12ClN3O4S. The predicted molar refractivity (Wildman–Crippen MR) is 94.4 cm³/mol. The van der Waals surface area contributed by atoms with Crippen LogP contribution in [0.4, 0.5) is 11.4 Å². The number of carbonyl (C=O) groups excluding carboxylic acids is 1. The van der Waals surface area contributed by atoms with Gasteiger partial charge in [0.25, 0.3) is 11.6 Å². The number of anilines is 1. The van der Waals surface area contributed by atoms with E-state index in [0.717, 1.165) is 0 Å². The van der Waals surface area contributed by atoms with Crippen LogP contribution in [0.15, 0.2) is 48.5 Å². The Balaban J connectivity index is 1.81. The third kappa shape index (κ3) is 5.18. The summed E-state index contributed by atoms with van der Waals surface area (Å²) in [6.07, 6.45) is 0. The molecule has 7 nitrogen and oxygen atoms in total. The van der Waals surface area contributed by atoms with Crippen molar-refractivity contribution in [1.29, 1.82) is 0 Å². The third-order valence-corrected chi connectivity index (χ3v) is 3.33. The second-order valence-corrected chi connectivity index (χ2v) is 5.34. The normalized spacial score (nSPS) is 9.88. The first-order valence-corrected chi connectivity index (χ1v) is 7.47. The van der Waals surface area contributed by atoms with Gasteiger partial charge in [-0.3, -0.25) is 20.2 Å². The maximum absolute atomic E-state index is 11.8. The van der Waals surface area contributed by atoms with Gasteiger partial charge in [-0.25, -0.2) is 0 Å². The number of nitro benzene ring substituents is 1. The number of para-hydroxylation sites is 1. The van der Waals surface area contributed by atoms with E-state index in [1.54, 1.807) is 24.3 Å². The fourth-order valence-electron chi connectivity index (χ4n) is 1.69. The van der Waals surface area contributed by atoms with E-state index >= 15 is 0 Å². The number of halogens is 1. The third-order valence-electron chi connectivity index (χ3n) is 2.79. The van der Waals surface area contributed by atoms with E-state index in [9.17, 15) is 14.9 Å². The predicted octanol–water partition coefficient (Wildman–Crippen LogP) is 3.14. The molecule has 0 saturated carbocycles. The number of rotatable bonds is 5. The van der Waals surface area contributed by atoms with Crippen LogP contribution in [-0.4, -0.2) is 22.5 Å². The van der Waals surface area contributed by atoms with E-state index < -0.39 is 10.8 Å². The Labute approximate surface area is 147 Å². The van der Waals surface area contributed by atoms with Gasteiger partial charge < -0.3 is 10.1 Å². The zero-order valence-electron chi connectivity index (χ0n) is 12.2. The summed E-state index contributed by atoms with van der Waals surface area (Å²) in [5, 5.41) is 16.3. The topological polar surface area (TPSA) is 93.5 Å². The molecule has 0 aliphatic rings. The zero-order valence-corrected chi connectivity index (χ0v) is 13.8. The average molecular weight is 366 g/mol. The number of hydrogen-bond donors (Lipinski definition) is 2. The lowest BCUT2D eigenvalue weighted by atomic mass is 10.3. The Morgan fingerprint density at radius 2 is 1.88 bits per heavy atom. The van der Waals surface area contributed by atoms with Crippen molar-refractivity contribution >= 4 is 46.2 Å². The summed E-state index contributed by atoms with van der Waals surface area (Å²) in [7, 11) is 0. The maximum Gasteiger partial charge on any atom is 0.269 e. The summed E-state index contributed by atoms with van der Waals surface area (Å²) in [5.41, 5.74) is 0.512. The molecule has 0 radical (unpaired) electrons. The summed E-state index contributed by atoms with van der Waals surface area (Å²) in [6.45, 7) is -0.290. The van der Waals surface area contributed by atoms with Gasteiger partial charge in [0, 0.05) is 12.1 Å². The van der Waals surface area contributed by atoms with Crippen molar-refractivity contribution in [3.63, 3.8) is 0 Å². The molecule has 0 atom stereocenters. The summed E-state index contributed by atoms with van der Waals surface area (Å²) in [6, 6.07) is 12.3. The smallest absolute Gasteiger partial charge is 0.269 e. The van der Waals surface area contributed by atoms with Gasteiger partial charge in [0.2, 0.25) is 0 Å². The highest BCUT2D eigenvalue weighted by atomic mass is 35.5. The van der Waals surface area contributed by atoms with E-state index in [4.69, 9.17) is 28.6 Å². The van der Waals surface area contributed by atoms with Gasteiger partial charge in [-0.15, -0.1) is 0 Å². The molecule has 24 heavy (non-hydrogen) atoms. The zero-order chi connectivity index (χ0) is 17.5. The van der Waals surface area contributed by atoms with Crippen molar-refractivity contribution in [2.75, 3.05) is 11.9 Å². The molecule has 1 amide bonds. The van der Waals surface area contributed by atoms with E-state index in [1.165, 1.54) is 24.3 Å². The number of benzene rings is 2. The van der Waals surface area contributed by atoms with Crippen LogP contribution in [0.1, 0.15) is 0 Å². The lowest BCUT2D eigenvalue weighted by Gasteiger charge is -2.11. The van der Waals surface area contributed by atoms with Gasteiger partial charge in [0.1, 0.15) is 5.75 Å². The number of nitrogens with one attached hydrogen (secondary N) is 2. The summed E-state index contributed by atoms with van der Waals surface area (Å²) in [5.74, 6) is -0.140. The van der Waals surface area contributed by atoms with Crippen molar-refractivity contribution in [1.82, 2.24) is 5.32 Å². The Morgan fingerprint density at radius 1 is 1.21 bits per heavy atom. The molecule has 2 N–H and O–H groups in total. The van der Waals surface area contributed by atoms with Crippen LogP contribution in [-0.2, 0) is 4.79 Å². The van der Waals surface area contributed by atoms with Crippen LogP contribution in [0, 0.1) is 10.1 Å². The number of ether oxygens (including phenoxy) is 1. The molecule has 9 heteroatoms. The van der Waals surface area contributed by atoms with Gasteiger partial charge in [-0.05, 0) is 36.5 Å². The fourth-order valence-corrected chi connectivity index (χ4v) is 2.10. The van der Waals surface area contributed by atoms with Gasteiger partial charge in [-0.1, -0.05) is 23.7 Å². The van der Waals surface area contributed by atoms with E-state index in [1.807, 2.05) is 0 Å². The Morgan fingerprint density at radius 3 is 2.50 bits per heavy atom. The molecule has 0 saturated heterocycles. The first-order chi connectivity index (χ1) is 11.5. The molecule has 0 spiro atoms. The van der Waals surface area contributed by atoms with E-state index in [0.29, 0.717) is 16.5 Å². The largest absolute Gasteiger partial charge is 0.484 e. The van der Waals surface area contributed by atoms with Gasteiger partial charge in [0.05, 0.1) is 15.6 Å². The number of nitrogens with zero attached hydrogens (tertiary/aromatic N) is 1. The Bertz CT molecular complexity index is 768. The quantitative estimate of drug-likeness (QED) is 0.480. The maximum atomic E-state index is 11.8. The minimum Gasteiger partial charge on any atom is -0.484 e. The minimum atomic E-state index is -0.519. The van der Waals surface area contributed by atoms with Crippen molar-refractivity contribution in [2.45, 2.75) is 0 Å². The molecule has 0 aliphatic heterocycles. The van der Waals surface area contributed by atoms with Crippen molar-refractivity contribution in [3.8, 4) is 5.75 Å². The molecule has 2 aromatic rings. The summed E-state index contributed by atoms with van der Waals surface area (Å²) in [4.78, 5) is 21.8. The van der Waals surface area contributed by atoms with Crippen molar-refractivity contribution in [2.24, 2.45) is 0 Å². The van der Waals surface area contributed by atoms with Crippen LogP contribution >= 0.6 is 23.8 Å². The number of amides is 1. The highest BCUT2D eigenvalue weighted by Gasteiger charge is 2.09. The minimum absolute atomic E-state index is 0.0584. The molecule has 124 valence electrons. The highest BCUT2D eigenvalue weighted by molar-refractivity contribution is 7.80. The average Bonchev–Trinajstić information content (AvgIpc) is 2.55. The van der Waals surface area contributed by atoms with Gasteiger partial charge in [-0.2, -0.15) is 0 Å². The Hall–Kier alpha value is -2.71. The second-order valence-electron chi connectivity index (χ2n) is 4.52. The van der Waals surface area contributed by atoms with Crippen LogP contribution in [0.2, 0.25) is 5.02 Å². The molecule has 0 heterocycles. The molecule has 0 aromatic heterocycles. The molecule has 0 bridgehead atoms. The number of carbonyl (C=O) groups is 1. The van der Waals surface area contributed by atoms with E-state index in [2.05, 4.69) is 10.6 Å². The molecular weight excluding hydrogens is 354 g/mol. The van der Waals surface area contributed by atoms with Crippen LogP contribution in [0.3, 0.4) is 0 Å². The first kappa shape index (κ1) is 17.6. The molecule has 0 unspecified atom stereocenters. The number of non-ortho nitro benzene ring substituents is 1. The summed E-state index contributed by atoms with van der Waals surface area (Å²) < 4.78 is 5.23. The second kappa shape index (κ2) is 8.23. The van der Waals surface area contributed by atoms with Crippen molar-refractivity contribution < 1.29 is 14.5 Å². The van der Waals surface area contributed by atoms with Crippen molar-refractivity contribution in [3.05, 3.63) is 63.7 Å².